The van der Waals surface area contributed by atoms with Crippen molar-refractivity contribution in [3.63, 3.8) is 0 Å². The van der Waals surface area contributed by atoms with Gasteiger partial charge in [0.25, 0.3) is 5.91 Å². The van der Waals surface area contributed by atoms with Gasteiger partial charge in [-0.2, -0.15) is 0 Å². The molecule has 2 heterocycles. The van der Waals surface area contributed by atoms with Crippen molar-refractivity contribution in [1.82, 2.24) is 0 Å². The molecule has 6 aromatic rings. The molecule has 0 radical (unpaired) electrons. The Morgan fingerprint density at radius 2 is 0.932 bits per heavy atom. The van der Waals surface area contributed by atoms with E-state index < -0.39 is 12.1 Å². The summed E-state index contributed by atoms with van der Waals surface area (Å²) < 4.78 is 21.9. The second-order valence-corrected chi connectivity index (χ2v) is 14.0. The first-order valence-corrected chi connectivity index (χ1v) is 19.3. The SMILES string of the molecule is COc1cc2c(cc1OC)C(c1ccccc1)=N[C@@H](Cc1ccccc1)C(=O)N2.COc1cc2c(cc1OC)N(C)C(=O)[C@H](Cc1ccccc1)N=C2c1ccccc1. The second-order valence-electron chi connectivity index (χ2n) is 14.0. The van der Waals surface area contributed by atoms with E-state index in [0.29, 0.717) is 41.5 Å². The van der Waals surface area contributed by atoms with Crippen LogP contribution < -0.4 is 29.2 Å². The number of anilines is 2. The number of hydrogen-bond acceptors (Lipinski definition) is 8. The molecule has 6 aromatic carbocycles. The minimum absolute atomic E-state index is 0.0572. The van der Waals surface area contributed by atoms with Gasteiger partial charge in [-0.15, -0.1) is 0 Å². The number of hydrogen-bond donors (Lipinski definition) is 1. The van der Waals surface area contributed by atoms with Gasteiger partial charge in [0.1, 0.15) is 12.1 Å². The topological polar surface area (TPSA) is 111 Å². The predicted molar refractivity (Wildman–Crippen MR) is 233 cm³/mol. The van der Waals surface area contributed by atoms with Gasteiger partial charge in [0.15, 0.2) is 23.0 Å². The number of benzene rings is 6. The Labute approximate surface area is 344 Å². The number of rotatable bonds is 10. The van der Waals surface area contributed by atoms with Crippen molar-refractivity contribution in [1.29, 1.82) is 0 Å². The molecule has 0 spiro atoms. The quantitative estimate of drug-likeness (QED) is 0.150. The van der Waals surface area contributed by atoms with Gasteiger partial charge in [0.05, 0.1) is 51.2 Å². The van der Waals surface area contributed by atoms with Crippen molar-refractivity contribution in [2.24, 2.45) is 9.98 Å². The monoisotopic (exact) mass is 786 g/mol. The zero-order chi connectivity index (χ0) is 41.3. The molecular weight excluding hydrogens is 741 g/mol. The summed E-state index contributed by atoms with van der Waals surface area (Å²) in [7, 11) is 8.15. The highest BCUT2D eigenvalue weighted by Crippen LogP contribution is 2.39. The molecule has 2 amide bonds. The molecule has 0 bridgehead atoms. The molecule has 0 unspecified atom stereocenters. The van der Waals surface area contributed by atoms with Gasteiger partial charge in [-0.25, -0.2) is 0 Å². The number of carbonyl (C=O) groups is 2. The van der Waals surface area contributed by atoms with Gasteiger partial charge in [-0.05, 0) is 23.3 Å². The molecule has 2 aliphatic rings. The summed E-state index contributed by atoms with van der Waals surface area (Å²) in [5, 5.41) is 3.03. The van der Waals surface area contributed by atoms with Crippen LogP contribution in [0.2, 0.25) is 0 Å². The first-order valence-electron chi connectivity index (χ1n) is 19.3. The lowest BCUT2D eigenvalue weighted by molar-refractivity contribution is -0.119. The molecule has 8 rings (SSSR count). The summed E-state index contributed by atoms with van der Waals surface area (Å²) in [6, 6.07) is 46.0. The third kappa shape index (κ3) is 8.87. The van der Waals surface area contributed by atoms with Crippen LogP contribution in [0.3, 0.4) is 0 Å². The van der Waals surface area contributed by atoms with Crippen LogP contribution in [0.4, 0.5) is 11.4 Å². The highest BCUT2D eigenvalue weighted by atomic mass is 16.5. The van der Waals surface area contributed by atoms with Crippen molar-refractivity contribution in [2.75, 3.05) is 45.7 Å². The number of aliphatic imine (C=N–C) groups is 2. The van der Waals surface area contributed by atoms with Gasteiger partial charge in [-0.3, -0.25) is 19.6 Å². The summed E-state index contributed by atoms with van der Waals surface area (Å²) >= 11 is 0. The Balaban J connectivity index is 0.000000179. The van der Waals surface area contributed by atoms with E-state index in [0.717, 1.165) is 50.5 Å². The van der Waals surface area contributed by atoms with Crippen molar-refractivity contribution in [3.05, 3.63) is 179 Å². The third-order valence-electron chi connectivity index (χ3n) is 10.3. The summed E-state index contributed by atoms with van der Waals surface area (Å²) in [6.45, 7) is 0. The predicted octanol–water partition coefficient (Wildman–Crippen LogP) is 8.23. The van der Waals surface area contributed by atoms with Crippen molar-refractivity contribution in [3.8, 4) is 23.0 Å². The van der Waals surface area contributed by atoms with Crippen LogP contribution in [0.15, 0.2) is 156 Å². The lowest BCUT2D eigenvalue weighted by Gasteiger charge is -2.22. The van der Waals surface area contributed by atoms with E-state index in [1.165, 1.54) is 0 Å². The molecule has 0 fully saturated rings. The Kier molecular flexibility index (Phi) is 12.5. The van der Waals surface area contributed by atoms with Crippen LogP contribution in [-0.4, -0.2) is 70.8 Å². The first-order chi connectivity index (χ1) is 28.8. The van der Waals surface area contributed by atoms with Crippen LogP contribution in [0.25, 0.3) is 0 Å². The summed E-state index contributed by atoms with van der Waals surface area (Å²) in [5.74, 6) is 2.12. The smallest absolute Gasteiger partial charge is 0.251 e. The van der Waals surface area contributed by atoms with E-state index in [9.17, 15) is 9.59 Å². The number of methoxy groups -OCH3 is 4. The fourth-order valence-electron chi connectivity index (χ4n) is 7.23. The van der Waals surface area contributed by atoms with E-state index in [2.05, 4.69) is 5.32 Å². The average molecular weight is 787 g/mol. The Hall–Kier alpha value is -7.20. The van der Waals surface area contributed by atoms with Crippen LogP contribution in [0.1, 0.15) is 33.4 Å². The lowest BCUT2D eigenvalue weighted by Crippen LogP contribution is -2.36. The maximum absolute atomic E-state index is 13.4. The van der Waals surface area contributed by atoms with E-state index in [-0.39, 0.29) is 11.8 Å². The van der Waals surface area contributed by atoms with Crippen molar-refractivity contribution >= 4 is 34.6 Å². The Morgan fingerprint density at radius 3 is 1.44 bits per heavy atom. The number of ether oxygens (including phenoxy) is 4. The number of nitrogens with one attached hydrogen (secondary N) is 1. The van der Waals surface area contributed by atoms with Crippen molar-refractivity contribution in [2.45, 2.75) is 24.9 Å². The standard InChI is InChI=1S/C25H24N2O3.C24H22N2O3/c1-27-21-16-23(30-3)22(29-2)15-19(21)24(18-12-8-5-9-13-18)26-20(25(27)28)14-17-10-6-4-7-11-17;1-28-21-14-18-19(15-22(21)29-2)26-24(27)20(13-16-9-5-3-6-10-16)25-23(18)17-11-7-4-8-12-17/h4-13,15-16,20H,14H2,1-3H3;3-12,14-15,20H,13H2,1-2H3,(H,26,27)/t2*20-/m00/s1. The molecule has 298 valence electrons. The second kappa shape index (κ2) is 18.4. The number of amides is 2. The largest absolute Gasteiger partial charge is 0.493 e. The van der Waals surface area contributed by atoms with Gasteiger partial charge in [0.2, 0.25) is 5.91 Å². The van der Waals surface area contributed by atoms with E-state index >= 15 is 0 Å². The molecule has 59 heavy (non-hydrogen) atoms. The Bertz CT molecular complexity index is 2470. The number of carbonyl (C=O) groups excluding carboxylic acids is 2. The van der Waals surface area contributed by atoms with Crippen LogP contribution in [0, 0.1) is 0 Å². The molecule has 1 N–H and O–H groups in total. The summed E-state index contributed by atoms with van der Waals surface area (Å²) in [6.07, 6.45) is 1.05. The summed E-state index contributed by atoms with van der Waals surface area (Å²) in [4.78, 5) is 38.0. The minimum Gasteiger partial charge on any atom is -0.493 e. The molecule has 10 heteroatoms. The van der Waals surface area contributed by atoms with Crippen LogP contribution in [-0.2, 0) is 22.4 Å². The molecule has 0 aliphatic carbocycles. The first kappa shape index (κ1) is 40.0. The maximum atomic E-state index is 13.4. The molecule has 0 saturated carbocycles. The fraction of sp³-hybridized carbons (Fsp3) is 0.184. The average Bonchev–Trinajstić information content (AvgIpc) is 3.48. The van der Waals surface area contributed by atoms with Gasteiger partial charge in [-0.1, -0.05) is 121 Å². The highest BCUT2D eigenvalue weighted by molar-refractivity contribution is 6.21. The number of fused-ring (bicyclic) bond motifs is 2. The van der Waals surface area contributed by atoms with E-state index in [4.69, 9.17) is 28.9 Å². The number of likely N-dealkylation sites (N-methyl/N-ethyl adjacent to an activating group) is 1. The number of benzodiazepines with no additional fused rings is 2. The van der Waals surface area contributed by atoms with Crippen molar-refractivity contribution < 1.29 is 28.5 Å². The highest BCUT2D eigenvalue weighted by Gasteiger charge is 2.32. The van der Waals surface area contributed by atoms with Gasteiger partial charge in [0, 0.05) is 54.3 Å². The minimum atomic E-state index is -0.544. The third-order valence-corrected chi connectivity index (χ3v) is 10.3. The molecule has 0 saturated heterocycles. The van der Waals surface area contributed by atoms with Gasteiger partial charge < -0.3 is 29.2 Å². The molecular formula is C49H46N4O6. The lowest BCUT2D eigenvalue weighted by atomic mass is 9.99. The normalized spacial score (nSPS) is 15.7. The fourth-order valence-corrected chi connectivity index (χ4v) is 7.23. The molecule has 2 aliphatic heterocycles. The zero-order valence-corrected chi connectivity index (χ0v) is 33.7. The van der Waals surface area contributed by atoms with E-state index in [1.807, 2.05) is 140 Å². The molecule has 2 atom stereocenters. The summed E-state index contributed by atoms with van der Waals surface area (Å²) in [5.41, 5.74) is 8.59. The Morgan fingerprint density at radius 1 is 0.525 bits per heavy atom. The van der Waals surface area contributed by atoms with Gasteiger partial charge >= 0.3 is 0 Å². The van der Waals surface area contributed by atoms with Crippen LogP contribution in [0.5, 0.6) is 23.0 Å². The molecule has 10 nitrogen and oxygen atoms in total. The zero-order valence-electron chi connectivity index (χ0n) is 33.7. The van der Waals surface area contributed by atoms with E-state index in [1.54, 1.807) is 46.5 Å². The number of nitrogens with zero attached hydrogens (tertiary/aromatic N) is 3. The maximum Gasteiger partial charge on any atom is 0.251 e. The molecule has 0 aromatic heterocycles. The van der Waals surface area contributed by atoms with Crippen LogP contribution >= 0.6 is 0 Å².